The van der Waals surface area contributed by atoms with Crippen molar-refractivity contribution >= 4 is 11.8 Å². The van der Waals surface area contributed by atoms with Crippen LogP contribution in [0.25, 0.3) is 0 Å². The molecule has 28 heavy (non-hydrogen) atoms. The molecule has 0 spiro atoms. The van der Waals surface area contributed by atoms with Crippen molar-refractivity contribution in [2.75, 3.05) is 13.1 Å². The van der Waals surface area contributed by atoms with Crippen molar-refractivity contribution in [2.45, 2.75) is 58.5 Å². The molecule has 2 aliphatic rings. The third-order valence-electron chi connectivity index (χ3n) is 5.74. The molecule has 0 saturated carbocycles. The van der Waals surface area contributed by atoms with E-state index in [2.05, 4.69) is 10.3 Å². The fraction of sp³-hybridized carbons (Fsp3) is 0.500. The minimum Gasteiger partial charge on any atom is -0.345 e. The summed E-state index contributed by atoms with van der Waals surface area (Å²) in [6, 6.07) is 8.10. The quantitative estimate of drug-likeness (QED) is 0.886. The molecule has 0 bridgehead atoms. The van der Waals surface area contributed by atoms with Gasteiger partial charge in [-0.05, 0) is 51.0 Å². The Bertz CT molecular complexity index is 863. The summed E-state index contributed by atoms with van der Waals surface area (Å²) in [6.07, 6.45) is 6.14. The highest BCUT2D eigenvalue weighted by molar-refractivity contribution is 5.97. The third kappa shape index (κ3) is 3.81. The Morgan fingerprint density at radius 2 is 1.71 bits per heavy atom. The lowest BCUT2D eigenvalue weighted by molar-refractivity contribution is 0.0717. The van der Waals surface area contributed by atoms with Gasteiger partial charge in [0, 0.05) is 26.2 Å². The molecule has 0 radical (unpaired) electrons. The molecular weight excluding hydrogens is 352 g/mol. The number of nitrogens with one attached hydrogen (secondary N) is 1. The molecule has 1 fully saturated rings. The van der Waals surface area contributed by atoms with Gasteiger partial charge in [-0.3, -0.25) is 9.59 Å². The van der Waals surface area contributed by atoms with Gasteiger partial charge in [0.2, 0.25) is 0 Å². The van der Waals surface area contributed by atoms with Crippen LogP contribution >= 0.6 is 0 Å². The number of carbonyl (C=O) groups excluding carboxylic acids is 2. The average Bonchev–Trinajstić information content (AvgIpc) is 3.13. The van der Waals surface area contributed by atoms with E-state index >= 15 is 0 Å². The first-order valence-electron chi connectivity index (χ1n) is 10.4. The predicted octanol–water partition coefficient (Wildman–Crippen LogP) is 3.08. The Morgan fingerprint density at radius 1 is 1.00 bits per heavy atom. The summed E-state index contributed by atoms with van der Waals surface area (Å²) in [4.78, 5) is 32.3. The van der Waals surface area contributed by atoms with E-state index in [-0.39, 0.29) is 11.8 Å². The van der Waals surface area contributed by atoms with Crippen molar-refractivity contribution in [3.8, 4) is 0 Å². The number of nitrogens with zero attached hydrogens (tertiary/aromatic N) is 3. The number of rotatable bonds is 4. The van der Waals surface area contributed by atoms with Crippen molar-refractivity contribution in [1.82, 2.24) is 19.8 Å². The Kier molecular flexibility index (Phi) is 5.46. The second kappa shape index (κ2) is 8.17. The molecule has 1 aromatic heterocycles. The van der Waals surface area contributed by atoms with Crippen molar-refractivity contribution in [3.05, 3.63) is 52.6 Å². The first-order valence-corrected chi connectivity index (χ1v) is 10.4. The maximum atomic E-state index is 13.0. The summed E-state index contributed by atoms with van der Waals surface area (Å²) in [5, 5.41) is 2.97. The smallest absolute Gasteiger partial charge is 0.287 e. The van der Waals surface area contributed by atoms with E-state index in [4.69, 9.17) is 0 Å². The van der Waals surface area contributed by atoms with Crippen LogP contribution in [0.3, 0.4) is 0 Å². The first-order chi connectivity index (χ1) is 13.6. The Morgan fingerprint density at radius 3 is 2.46 bits per heavy atom. The number of hydrogen-bond acceptors (Lipinski definition) is 3. The number of fused-ring (bicyclic) bond motifs is 1. The number of imidazole rings is 1. The van der Waals surface area contributed by atoms with E-state index < -0.39 is 0 Å². The largest absolute Gasteiger partial charge is 0.345 e. The van der Waals surface area contributed by atoms with E-state index in [1.165, 1.54) is 12.0 Å². The number of aromatic nitrogens is 2. The lowest BCUT2D eigenvalue weighted by Gasteiger charge is -2.26. The van der Waals surface area contributed by atoms with Crippen LogP contribution in [-0.4, -0.2) is 39.4 Å². The van der Waals surface area contributed by atoms with Crippen molar-refractivity contribution in [2.24, 2.45) is 0 Å². The van der Waals surface area contributed by atoms with Gasteiger partial charge in [-0.2, -0.15) is 0 Å². The molecule has 0 unspecified atom stereocenters. The van der Waals surface area contributed by atoms with E-state index in [9.17, 15) is 9.59 Å². The van der Waals surface area contributed by atoms with E-state index in [0.717, 1.165) is 63.0 Å². The standard InChI is InChI=1S/C22H28N4O2/c1-16-8-10-17(11-9-16)15-23-21(27)20-24-19(18-7-3-6-14-26(18)20)22(28)25-12-4-2-5-13-25/h8-11H,2-7,12-15H2,1H3,(H,23,27). The predicted molar refractivity (Wildman–Crippen MR) is 107 cm³/mol. The van der Waals surface area contributed by atoms with Gasteiger partial charge < -0.3 is 14.8 Å². The molecule has 1 saturated heterocycles. The van der Waals surface area contributed by atoms with Gasteiger partial charge in [0.1, 0.15) is 5.69 Å². The number of amides is 2. The van der Waals surface area contributed by atoms with Crippen molar-refractivity contribution in [1.29, 1.82) is 0 Å². The number of likely N-dealkylation sites (tertiary alicyclic amines) is 1. The molecule has 0 aliphatic carbocycles. The molecule has 2 aliphatic heterocycles. The number of aryl methyl sites for hydroxylation is 1. The maximum absolute atomic E-state index is 13.0. The molecule has 2 aromatic rings. The van der Waals surface area contributed by atoms with Crippen molar-refractivity contribution < 1.29 is 9.59 Å². The van der Waals surface area contributed by atoms with Crippen LogP contribution in [0.4, 0.5) is 0 Å². The maximum Gasteiger partial charge on any atom is 0.287 e. The summed E-state index contributed by atoms with van der Waals surface area (Å²) in [5.74, 6) is 0.159. The Hall–Kier alpha value is -2.63. The highest BCUT2D eigenvalue weighted by Crippen LogP contribution is 2.23. The Balaban J connectivity index is 1.54. The summed E-state index contributed by atoms with van der Waals surface area (Å²) in [5.41, 5.74) is 3.66. The molecule has 6 nitrogen and oxygen atoms in total. The molecule has 3 heterocycles. The number of benzene rings is 1. The third-order valence-corrected chi connectivity index (χ3v) is 5.74. The average molecular weight is 380 g/mol. The van der Waals surface area contributed by atoms with Crippen LogP contribution in [0.1, 0.15) is 70.0 Å². The highest BCUT2D eigenvalue weighted by Gasteiger charge is 2.30. The van der Waals surface area contributed by atoms with Gasteiger partial charge in [0.15, 0.2) is 5.82 Å². The summed E-state index contributed by atoms with van der Waals surface area (Å²) in [7, 11) is 0. The van der Waals surface area contributed by atoms with Crippen LogP contribution in [0.15, 0.2) is 24.3 Å². The van der Waals surface area contributed by atoms with E-state index in [1.807, 2.05) is 40.7 Å². The normalized spacial score (nSPS) is 16.5. The summed E-state index contributed by atoms with van der Waals surface area (Å²) >= 11 is 0. The molecule has 2 amide bonds. The zero-order chi connectivity index (χ0) is 19.5. The van der Waals surface area contributed by atoms with Gasteiger partial charge in [-0.1, -0.05) is 29.8 Å². The minimum atomic E-state index is -0.207. The molecule has 0 atom stereocenters. The van der Waals surface area contributed by atoms with Crippen LogP contribution < -0.4 is 5.32 Å². The van der Waals surface area contributed by atoms with Crippen LogP contribution in [-0.2, 0) is 19.5 Å². The van der Waals surface area contributed by atoms with Gasteiger partial charge >= 0.3 is 0 Å². The van der Waals surface area contributed by atoms with Gasteiger partial charge in [0.05, 0.1) is 5.69 Å². The highest BCUT2D eigenvalue weighted by atomic mass is 16.2. The van der Waals surface area contributed by atoms with Crippen LogP contribution in [0.5, 0.6) is 0 Å². The fourth-order valence-electron chi connectivity index (χ4n) is 4.10. The fourth-order valence-corrected chi connectivity index (χ4v) is 4.10. The number of carbonyl (C=O) groups is 2. The molecule has 6 heteroatoms. The lowest BCUT2D eigenvalue weighted by Crippen LogP contribution is -2.36. The SMILES string of the molecule is Cc1ccc(CNC(=O)c2nc(C(=O)N3CCCCC3)c3n2CCCC3)cc1. The molecule has 4 rings (SSSR count). The second-order valence-corrected chi connectivity index (χ2v) is 7.86. The molecule has 1 aromatic carbocycles. The minimum absolute atomic E-state index is 0.0112. The zero-order valence-electron chi connectivity index (χ0n) is 16.5. The van der Waals surface area contributed by atoms with E-state index in [0.29, 0.717) is 18.1 Å². The molecular formula is C22H28N4O2. The monoisotopic (exact) mass is 380 g/mol. The summed E-state index contributed by atoms with van der Waals surface area (Å²) < 4.78 is 1.96. The second-order valence-electron chi connectivity index (χ2n) is 7.86. The topological polar surface area (TPSA) is 67.2 Å². The molecule has 1 N–H and O–H groups in total. The first kappa shape index (κ1) is 18.7. The van der Waals surface area contributed by atoms with Gasteiger partial charge in [-0.25, -0.2) is 4.98 Å². The van der Waals surface area contributed by atoms with Gasteiger partial charge in [-0.15, -0.1) is 0 Å². The number of hydrogen-bond donors (Lipinski definition) is 1. The summed E-state index contributed by atoms with van der Waals surface area (Å²) in [6.45, 7) is 4.83. The number of piperidine rings is 1. The van der Waals surface area contributed by atoms with E-state index in [1.54, 1.807) is 0 Å². The zero-order valence-corrected chi connectivity index (χ0v) is 16.5. The van der Waals surface area contributed by atoms with Crippen LogP contribution in [0, 0.1) is 6.92 Å². The van der Waals surface area contributed by atoms with Crippen molar-refractivity contribution in [3.63, 3.8) is 0 Å². The van der Waals surface area contributed by atoms with Gasteiger partial charge in [0.25, 0.3) is 11.8 Å². The molecule has 148 valence electrons. The Labute approximate surface area is 165 Å². The lowest BCUT2D eigenvalue weighted by atomic mass is 10.1. The van der Waals surface area contributed by atoms with Crippen LogP contribution in [0.2, 0.25) is 0 Å².